The van der Waals surface area contributed by atoms with Crippen LogP contribution in [0.3, 0.4) is 0 Å². The van der Waals surface area contributed by atoms with E-state index in [1.165, 1.54) is 0 Å². The third kappa shape index (κ3) is 8.68. The molecule has 208 valence electrons. The Hall–Kier alpha value is -3.20. The number of ether oxygens (including phenoxy) is 5. The molecule has 1 saturated heterocycles. The van der Waals surface area contributed by atoms with Crippen molar-refractivity contribution in [3.63, 3.8) is 0 Å². The number of nitro benzene ring substituents is 1. The maximum Gasteiger partial charge on any atom is 0.303 e. The Morgan fingerprint density at radius 1 is 1.00 bits per heavy atom. The number of esters is 3. The van der Waals surface area contributed by atoms with Crippen molar-refractivity contribution in [1.29, 1.82) is 5.41 Å². The largest absolute Gasteiger partial charge is 0.463 e. The van der Waals surface area contributed by atoms with E-state index in [2.05, 4.69) is 5.32 Å². The highest BCUT2D eigenvalue weighted by atomic mass is 35.6. The Morgan fingerprint density at radius 2 is 1.55 bits per heavy atom. The number of hydrogen-bond donors (Lipinski definition) is 2. The third-order valence-corrected chi connectivity index (χ3v) is 5.35. The molecule has 2 N–H and O–H groups in total. The van der Waals surface area contributed by atoms with Gasteiger partial charge in [-0.05, 0) is 12.1 Å². The van der Waals surface area contributed by atoms with E-state index in [1.807, 2.05) is 0 Å². The van der Waals surface area contributed by atoms with Crippen LogP contribution < -0.4 is 5.32 Å². The zero-order valence-electron chi connectivity index (χ0n) is 20.0. The SMILES string of the molecule is CC(=O)OC[C@H]1O[C@H](OC(=N)C(Cl)(Cl)Cl)[C@H](NC(=O)c2ccc([N+](=O)[O-])cc2)[C@@H](OC(C)=O)[C@@H]1OC(C)=O. The highest BCUT2D eigenvalue weighted by molar-refractivity contribution is 6.76. The number of non-ortho nitro benzene ring substituents is 1. The first-order valence-corrected chi connectivity index (χ1v) is 11.7. The highest BCUT2D eigenvalue weighted by Gasteiger charge is 2.53. The second-order valence-electron chi connectivity index (χ2n) is 7.74. The van der Waals surface area contributed by atoms with Gasteiger partial charge in [0.25, 0.3) is 15.4 Å². The Morgan fingerprint density at radius 3 is 2.03 bits per heavy atom. The molecule has 14 nitrogen and oxygen atoms in total. The lowest BCUT2D eigenvalue weighted by molar-refractivity contribution is -0.384. The van der Waals surface area contributed by atoms with Crippen molar-refractivity contribution in [2.24, 2.45) is 0 Å². The van der Waals surface area contributed by atoms with Gasteiger partial charge in [0.05, 0.1) is 4.92 Å². The predicted octanol–water partition coefficient (Wildman–Crippen LogP) is 2.21. The summed E-state index contributed by atoms with van der Waals surface area (Å²) in [6, 6.07) is 2.97. The maximum absolute atomic E-state index is 13.0. The number of alkyl halides is 3. The van der Waals surface area contributed by atoms with E-state index in [0.29, 0.717) is 0 Å². The number of carbonyl (C=O) groups excluding carboxylic acids is 4. The van der Waals surface area contributed by atoms with Crippen molar-refractivity contribution in [2.45, 2.75) is 55.2 Å². The lowest BCUT2D eigenvalue weighted by Crippen LogP contribution is -2.67. The maximum atomic E-state index is 13.0. The fourth-order valence-electron chi connectivity index (χ4n) is 3.31. The number of nitro groups is 1. The molecule has 5 atom stereocenters. The monoisotopic (exact) mass is 597 g/mol. The van der Waals surface area contributed by atoms with Gasteiger partial charge in [-0.15, -0.1) is 0 Å². The van der Waals surface area contributed by atoms with Gasteiger partial charge in [-0.2, -0.15) is 0 Å². The summed E-state index contributed by atoms with van der Waals surface area (Å²) in [6.07, 6.45) is -6.01. The lowest BCUT2D eigenvalue weighted by atomic mass is 9.95. The molecule has 1 heterocycles. The second kappa shape index (κ2) is 13.0. The Bertz CT molecular complexity index is 1090. The van der Waals surface area contributed by atoms with Gasteiger partial charge < -0.3 is 29.0 Å². The number of benzene rings is 1. The van der Waals surface area contributed by atoms with Crippen molar-refractivity contribution in [1.82, 2.24) is 5.32 Å². The summed E-state index contributed by atoms with van der Waals surface area (Å²) in [5, 5.41) is 21.3. The summed E-state index contributed by atoms with van der Waals surface area (Å²) in [5.74, 6) is -4.22. The molecule has 1 fully saturated rings. The predicted molar refractivity (Wildman–Crippen MR) is 130 cm³/mol. The summed E-state index contributed by atoms with van der Waals surface area (Å²) in [7, 11) is 0. The number of rotatable bonds is 8. The number of nitrogens with zero attached hydrogens (tertiary/aromatic N) is 1. The number of halogens is 3. The summed E-state index contributed by atoms with van der Waals surface area (Å²) < 4.78 is 24.3. The van der Waals surface area contributed by atoms with Crippen molar-refractivity contribution < 1.29 is 47.8 Å². The minimum Gasteiger partial charge on any atom is -0.463 e. The average Bonchev–Trinajstić information content (AvgIpc) is 2.80. The van der Waals surface area contributed by atoms with E-state index in [1.54, 1.807) is 0 Å². The van der Waals surface area contributed by atoms with Crippen LogP contribution in [0, 0.1) is 15.5 Å². The first kappa shape index (κ1) is 31.0. The van der Waals surface area contributed by atoms with Gasteiger partial charge in [-0.1, -0.05) is 34.8 Å². The molecule has 1 aromatic rings. The molecule has 0 bridgehead atoms. The molecule has 0 saturated carbocycles. The minimum atomic E-state index is -2.37. The molecular weight excluding hydrogens is 577 g/mol. The molecule has 2 rings (SSSR count). The molecule has 0 aromatic heterocycles. The van der Waals surface area contributed by atoms with Gasteiger partial charge >= 0.3 is 17.9 Å². The van der Waals surface area contributed by atoms with Crippen LogP contribution >= 0.6 is 34.8 Å². The molecule has 0 radical (unpaired) electrons. The summed E-state index contributed by atoms with van der Waals surface area (Å²) in [5.41, 5.74) is -0.334. The molecule has 38 heavy (non-hydrogen) atoms. The quantitative estimate of drug-likeness (QED) is 0.0847. The standard InChI is InChI=1S/C21H22Cl3N3O11/c1-9(28)34-8-14-16(35-10(2)29)17(36-11(3)30)15(19(37-14)38-20(25)21(22,23)24)26-18(31)12-4-6-13(7-5-12)27(32)33/h4-7,14-17,19,25H,8H2,1-3H3,(H,26,31)/t14-,15-,16-,17-,19-/m1/s1. The van der Waals surface area contributed by atoms with Crippen LogP contribution in [0.4, 0.5) is 5.69 Å². The molecule has 17 heteroatoms. The van der Waals surface area contributed by atoms with E-state index >= 15 is 0 Å². The minimum absolute atomic E-state index is 0.0570. The fourth-order valence-corrected chi connectivity index (χ4v) is 3.44. The molecular formula is C21H22Cl3N3O11. The Balaban J connectivity index is 2.52. The molecule has 1 aliphatic heterocycles. The number of amides is 1. The molecule has 0 unspecified atom stereocenters. The van der Waals surface area contributed by atoms with E-state index in [9.17, 15) is 29.3 Å². The van der Waals surface area contributed by atoms with Crippen LogP contribution in [-0.4, -0.2) is 75.7 Å². The number of carbonyl (C=O) groups is 4. The summed E-state index contributed by atoms with van der Waals surface area (Å²) >= 11 is 17.1. The van der Waals surface area contributed by atoms with Crippen LogP contribution in [0.15, 0.2) is 24.3 Å². The average molecular weight is 599 g/mol. The summed E-state index contributed by atoms with van der Waals surface area (Å²) in [4.78, 5) is 58.6. The van der Waals surface area contributed by atoms with Crippen LogP contribution in [0.5, 0.6) is 0 Å². The van der Waals surface area contributed by atoms with Crippen LogP contribution in [0.2, 0.25) is 0 Å². The lowest BCUT2D eigenvalue weighted by Gasteiger charge is -2.45. The smallest absolute Gasteiger partial charge is 0.303 e. The Kier molecular flexibility index (Phi) is 10.6. The van der Waals surface area contributed by atoms with E-state index in [0.717, 1.165) is 45.0 Å². The first-order valence-electron chi connectivity index (χ1n) is 10.6. The zero-order valence-corrected chi connectivity index (χ0v) is 22.2. The zero-order chi connectivity index (χ0) is 28.8. The van der Waals surface area contributed by atoms with Crippen LogP contribution in [0.1, 0.15) is 31.1 Å². The van der Waals surface area contributed by atoms with Crippen molar-refractivity contribution >= 4 is 70.2 Å². The van der Waals surface area contributed by atoms with Gasteiger partial charge in [-0.3, -0.25) is 34.7 Å². The van der Waals surface area contributed by atoms with Crippen LogP contribution in [-0.2, 0) is 38.1 Å². The molecule has 1 aliphatic rings. The number of nitrogens with one attached hydrogen (secondary N) is 2. The van der Waals surface area contributed by atoms with Crippen molar-refractivity contribution in [2.75, 3.05) is 6.61 Å². The van der Waals surface area contributed by atoms with Crippen molar-refractivity contribution in [3.8, 4) is 0 Å². The number of hydrogen-bond acceptors (Lipinski definition) is 12. The second-order valence-corrected chi connectivity index (χ2v) is 10.0. The van der Waals surface area contributed by atoms with Crippen molar-refractivity contribution in [3.05, 3.63) is 39.9 Å². The third-order valence-electron chi connectivity index (χ3n) is 4.83. The first-order chi connectivity index (χ1) is 17.6. The molecule has 1 amide bonds. The highest BCUT2D eigenvalue weighted by Crippen LogP contribution is 2.32. The normalized spacial score (nSPS) is 22.9. The van der Waals surface area contributed by atoms with Crippen LogP contribution in [0.25, 0.3) is 0 Å². The molecule has 0 aliphatic carbocycles. The van der Waals surface area contributed by atoms with Gasteiger partial charge in [0.2, 0.25) is 12.2 Å². The Labute approximate surface area is 230 Å². The molecule has 0 spiro atoms. The van der Waals surface area contributed by atoms with Gasteiger partial charge in [0.1, 0.15) is 18.8 Å². The van der Waals surface area contributed by atoms with E-state index in [-0.39, 0.29) is 11.3 Å². The van der Waals surface area contributed by atoms with Gasteiger partial charge in [0.15, 0.2) is 12.2 Å². The van der Waals surface area contributed by atoms with E-state index in [4.69, 9.17) is 63.9 Å². The summed E-state index contributed by atoms with van der Waals surface area (Å²) in [6.45, 7) is 2.68. The van der Waals surface area contributed by atoms with E-state index < -0.39 is 75.7 Å². The topological polar surface area (TPSA) is 193 Å². The van der Waals surface area contributed by atoms with Gasteiger partial charge in [-0.25, -0.2) is 0 Å². The molecule has 1 aromatic carbocycles. The van der Waals surface area contributed by atoms with Gasteiger partial charge in [0, 0.05) is 38.5 Å². The fraction of sp³-hybridized carbons (Fsp3) is 0.476.